The average molecular weight is 132 g/mol. The van der Waals surface area contributed by atoms with Gasteiger partial charge in [0.1, 0.15) is 0 Å². The van der Waals surface area contributed by atoms with E-state index in [0.717, 1.165) is 0 Å². The van der Waals surface area contributed by atoms with Crippen LogP contribution in [0, 0.1) is 5.92 Å². The van der Waals surface area contributed by atoms with Crippen LogP contribution in [-0.2, 0) is 4.79 Å². The molecule has 52 valence electrons. The van der Waals surface area contributed by atoms with Crippen molar-refractivity contribution in [2.75, 3.05) is 0 Å². The van der Waals surface area contributed by atoms with Crippen molar-refractivity contribution in [3.8, 4) is 0 Å². The fourth-order valence-corrected chi connectivity index (χ4v) is 0.858. The molecule has 0 aliphatic heterocycles. The second kappa shape index (κ2) is 1.97. The lowest BCUT2D eigenvalue weighted by Crippen LogP contribution is -2.50. The zero-order valence-corrected chi connectivity index (χ0v) is 4.69. The summed E-state index contributed by atoms with van der Waals surface area (Å²) in [4.78, 5) is 10.1. The van der Waals surface area contributed by atoms with Crippen molar-refractivity contribution in [1.29, 1.82) is 0 Å². The summed E-state index contributed by atoms with van der Waals surface area (Å²) in [5.74, 6) is -1.78. The van der Waals surface area contributed by atoms with Crippen LogP contribution in [0.15, 0.2) is 0 Å². The minimum absolute atomic E-state index is 0.177. The Labute approximate surface area is 51.7 Å². The number of hydrogen-bond acceptors (Lipinski definition) is 3. The zero-order chi connectivity index (χ0) is 7.02. The third-order valence-electron chi connectivity index (χ3n) is 1.62. The summed E-state index contributed by atoms with van der Waals surface area (Å²) >= 11 is 0. The topological polar surface area (TPSA) is 77.8 Å². The Balaban J connectivity index is 2.42. The van der Waals surface area contributed by atoms with Gasteiger partial charge in [0.25, 0.3) is 0 Å². The van der Waals surface area contributed by atoms with Crippen LogP contribution in [0.4, 0.5) is 0 Å². The number of hydrogen-bond donors (Lipinski definition) is 3. The molecule has 3 unspecified atom stereocenters. The number of carbonyl (C=O) groups is 1. The molecule has 1 fully saturated rings. The smallest absolute Gasteiger partial charge is 0.309 e. The zero-order valence-electron chi connectivity index (χ0n) is 4.69. The van der Waals surface area contributed by atoms with E-state index in [1.54, 1.807) is 0 Å². The lowest BCUT2D eigenvalue weighted by molar-refractivity contribution is -0.166. The normalized spacial score (nSPS) is 41.8. The van der Waals surface area contributed by atoms with Gasteiger partial charge in [-0.15, -0.1) is 0 Å². The van der Waals surface area contributed by atoms with E-state index >= 15 is 0 Å². The number of carboxylic acids is 1. The molecule has 3 N–H and O–H groups in total. The first-order valence-electron chi connectivity index (χ1n) is 2.72. The van der Waals surface area contributed by atoms with Crippen molar-refractivity contribution < 1.29 is 20.1 Å². The number of carboxylic acid groups (broad SMARTS) is 1. The van der Waals surface area contributed by atoms with E-state index in [0.29, 0.717) is 0 Å². The molecule has 1 aliphatic carbocycles. The molecule has 4 heteroatoms. The van der Waals surface area contributed by atoms with E-state index in [-0.39, 0.29) is 6.42 Å². The van der Waals surface area contributed by atoms with Crippen LogP contribution in [0.3, 0.4) is 0 Å². The molecule has 1 rings (SSSR count). The first-order chi connectivity index (χ1) is 4.13. The van der Waals surface area contributed by atoms with E-state index in [1.165, 1.54) is 0 Å². The number of aliphatic hydroxyl groups excluding tert-OH is 2. The summed E-state index contributed by atoms with van der Waals surface area (Å²) in [6, 6.07) is 0. The van der Waals surface area contributed by atoms with Gasteiger partial charge in [0.15, 0.2) is 0 Å². The molecule has 9 heavy (non-hydrogen) atoms. The third kappa shape index (κ3) is 0.906. The summed E-state index contributed by atoms with van der Waals surface area (Å²) in [5.41, 5.74) is 0. The highest BCUT2D eigenvalue weighted by molar-refractivity contribution is 5.72. The van der Waals surface area contributed by atoms with Gasteiger partial charge in [0.2, 0.25) is 0 Å². The molecule has 3 atom stereocenters. The van der Waals surface area contributed by atoms with Crippen LogP contribution in [-0.4, -0.2) is 33.5 Å². The predicted octanol–water partition coefficient (Wildman–Crippen LogP) is -1.19. The van der Waals surface area contributed by atoms with Crippen LogP contribution in [0.25, 0.3) is 0 Å². The van der Waals surface area contributed by atoms with E-state index in [4.69, 9.17) is 15.3 Å². The van der Waals surface area contributed by atoms with Crippen LogP contribution >= 0.6 is 0 Å². The average Bonchev–Trinajstić information content (AvgIpc) is 1.81. The number of aliphatic hydroxyl groups is 2. The molecule has 0 heterocycles. The van der Waals surface area contributed by atoms with Gasteiger partial charge < -0.3 is 15.3 Å². The highest BCUT2D eigenvalue weighted by Gasteiger charge is 2.43. The minimum atomic E-state index is -1.05. The van der Waals surface area contributed by atoms with Gasteiger partial charge >= 0.3 is 5.97 Å². The van der Waals surface area contributed by atoms with Crippen LogP contribution in [0.1, 0.15) is 6.42 Å². The van der Waals surface area contributed by atoms with Crippen molar-refractivity contribution in [2.24, 2.45) is 5.92 Å². The van der Waals surface area contributed by atoms with E-state index < -0.39 is 24.1 Å². The van der Waals surface area contributed by atoms with Crippen molar-refractivity contribution >= 4 is 5.97 Å². The Morgan fingerprint density at radius 1 is 1.44 bits per heavy atom. The molecule has 1 saturated carbocycles. The summed E-state index contributed by atoms with van der Waals surface area (Å²) in [7, 11) is 0. The summed E-state index contributed by atoms with van der Waals surface area (Å²) in [5, 5.41) is 25.6. The molecule has 0 bridgehead atoms. The fraction of sp³-hybridized carbons (Fsp3) is 0.800. The Hall–Kier alpha value is -0.610. The molecule has 0 spiro atoms. The molecular weight excluding hydrogens is 124 g/mol. The highest BCUT2D eigenvalue weighted by Crippen LogP contribution is 2.27. The van der Waals surface area contributed by atoms with E-state index in [2.05, 4.69) is 0 Å². The van der Waals surface area contributed by atoms with Crippen molar-refractivity contribution in [3.05, 3.63) is 0 Å². The summed E-state index contributed by atoms with van der Waals surface area (Å²) in [6.07, 6.45) is -1.70. The molecule has 0 aromatic rings. The maximum atomic E-state index is 10.1. The van der Waals surface area contributed by atoms with Gasteiger partial charge in [0, 0.05) is 0 Å². The first-order valence-corrected chi connectivity index (χ1v) is 2.72. The lowest BCUT2D eigenvalue weighted by atomic mass is 9.79. The molecule has 0 aromatic carbocycles. The van der Waals surface area contributed by atoms with Gasteiger partial charge in [-0.1, -0.05) is 0 Å². The Morgan fingerprint density at radius 3 is 2.11 bits per heavy atom. The molecule has 4 nitrogen and oxygen atoms in total. The van der Waals surface area contributed by atoms with E-state index in [1.807, 2.05) is 0 Å². The van der Waals surface area contributed by atoms with Gasteiger partial charge in [-0.2, -0.15) is 0 Å². The van der Waals surface area contributed by atoms with Crippen molar-refractivity contribution in [2.45, 2.75) is 18.6 Å². The van der Waals surface area contributed by atoms with Gasteiger partial charge in [0.05, 0.1) is 18.1 Å². The maximum absolute atomic E-state index is 10.1. The molecule has 0 aromatic heterocycles. The van der Waals surface area contributed by atoms with Crippen LogP contribution < -0.4 is 0 Å². The Morgan fingerprint density at radius 2 is 2.00 bits per heavy atom. The van der Waals surface area contributed by atoms with Gasteiger partial charge in [-0.05, 0) is 6.42 Å². The quantitative estimate of drug-likeness (QED) is 0.419. The molecule has 0 saturated heterocycles. The second-order valence-corrected chi connectivity index (χ2v) is 2.24. The maximum Gasteiger partial charge on any atom is 0.309 e. The molecule has 0 radical (unpaired) electrons. The van der Waals surface area contributed by atoms with Gasteiger partial charge in [-0.25, -0.2) is 0 Å². The fourth-order valence-electron chi connectivity index (χ4n) is 0.858. The van der Waals surface area contributed by atoms with Crippen molar-refractivity contribution in [3.63, 3.8) is 0 Å². The van der Waals surface area contributed by atoms with E-state index in [9.17, 15) is 4.79 Å². The summed E-state index contributed by atoms with van der Waals surface area (Å²) in [6.45, 7) is 0. The minimum Gasteiger partial charge on any atom is -0.481 e. The standard InChI is InChI=1S/C5H8O4/c6-3-1-2(4(3)7)5(8)9/h2-4,6-7H,1H2,(H,8,9). The van der Waals surface area contributed by atoms with Crippen molar-refractivity contribution in [1.82, 2.24) is 0 Å². The largest absolute Gasteiger partial charge is 0.481 e. The molecular formula is C5H8O4. The second-order valence-electron chi connectivity index (χ2n) is 2.24. The molecule has 0 amide bonds. The Bertz CT molecular complexity index is 133. The molecule has 1 aliphatic rings. The third-order valence-corrected chi connectivity index (χ3v) is 1.62. The summed E-state index contributed by atoms with van der Waals surface area (Å²) < 4.78 is 0. The van der Waals surface area contributed by atoms with Crippen LogP contribution in [0.2, 0.25) is 0 Å². The van der Waals surface area contributed by atoms with Gasteiger partial charge in [-0.3, -0.25) is 4.79 Å². The monoisotopic (exact) mass is 132 g/mol. The number of rotatable bonds is 1. The highest BCUT2D eigenvalue weighted by atomic mass is 16.4. The number of aliphatic carboxylic acids is 1. The predicted molar refractivity (Wildman–Crippen MR) is 27.8 cm³/mol. The SMILES string of the molecule is O=C(O)C1CC(O)C1O. The van der Waals surface area contributed by atoms with Crippen LogP contribution in [0.5, 0.6) is 0 Å². The first kappa shape index (κ1) is 6.51. The Kier molecular flexibility index (Phi) is 1.42. The lowest BCUT2D eigenvalue weighted by Gasteiger charge is -2.34.